The Morgan fingerprint density at radius 1 is 1.21 bits per heavy atom. The lowest BCUT2D eigenvalue weighted by Gasteiger charge is -2.06. The van der Waals surface area contributed by atoms with Crippen LogP contribution in [0.3, 0.4) is 0 Å². The Kier molecular flexibility index (Phi) is 5.22. The molecule has 0 spiro atoms. The van der Waals surface area contributed by atoms with Gasteiger partial charge in [0, 0.05) is 18.5 Å². The van der Waals surface area contributed by atoms with Crippen LogP contribution in [-0.4, -0.2) is 28.5 Å². The van der Waals surface area contributed by atoms with Crippen molar-refractivity contribution in [1.29, 1.82) is 0 Å². The number of benzene rings is 1. The molecular formula is C15H13F3N2O4. The van der Waals surface area contributed by atoms with Crippen molar-refractivity contribution in [2.24, 2.45) is 0 Å². The van der Waals surface area contributed by atoms with Gasteiger partial charge < -0.3 is 14.8 Å². The fourth-order valence-corrected chi connectivity index (χ4v) is 1.84. The first-order valence-corrected chi connectivity index (χ1v) is 6.90. The SMILES string of the molecule is O=C(O)CCCNC(=O)c1coc(-c2ccc(C(F)(F)F)cc2)n1. The molecule has 0 fully saturated rings. The maximum absolute atomic E-state index is 12.5. The molecule has 2 rings (SSSR count). The van der Waals surface area contributed by atoms with E-state index >= 15 is 0 Å². The number of oxazole rings is 1. The van der Waals surface area contributed by atoms with Crippen LogP contribution in [0.5, 0.6) is 0 Å². The molecule has 0 radical (unpaired) electrons. The number of alkyl halides is 3. The van der Waals surface area contributed by atoms with Crippen molar-refractivity contribution in [3.63, 3.8) is 0 Å². The molecule has 6 nitrogen and oxygen atoms in total. The van der Waals surface area contributed by atoms with Crippen LogP contribution in [0.4, 0.5) is 13.2 Å². The molecule has 128 valence electrons. The average Bonchev–Trinajstić information content (AvgIpc) is 3.00. The van der Waals surface area contributed by atoms with E-state index in [0.717, 1.165) is 18.4 Å². The van der Waals surface area contributed by atoms with Crippen LogP contribution >= 0.6 is 0 Å². The molecule has 0 saturated carbocycles. The van der Waals surface area contributed by atoms with Crippen LogP contribution in [-0.2, 0) is 11.0 Å². The van der Waals surface area contributed by atoms with E-state index in [9.17, 15) is 22.8 Å². The minimum atomic E-state index is -4.43. The minimum absolute atomic E-state index is 0.0133. The number of halogens is 3. The molecule has 1 aromatic carbocycles. The van der Waals surface area contributed by atoms with Crippen molar-refractivity contribution in [2.75, 3.05) is 6.54 Å². The van der Waals surface area contributed by atoms with Crippen LogP contribution in [0.1, 0.15) is 28.9 Å². The Bertz CT molecular complexity index is 723. The number of nitrogens with zero attached hydrogens (tertiary/aromatic N) is 1. The zero-order valence-electron chi connectivity index (χ0n) is 12.3. The van der Waals surface area contributed by atoms with Gasteiger partial charge in [0.2, 0.25) is 5.89 Å². The van der Waals surface area contributed by atoms with E-state index in [1.165, 1.54) is 12.1 Å². The molecule has 24 heavy (non-hydrogen) atoms. The summed E-state index contributed by atoms with van der Waals surface area (Å²) >= 11 is 0. The van der Waals surface area contributed by atoms with Gasteiger partial charge >= 0.3 is 12.1 Å². The van der Waals surface area contributed by atoms with E-state index in [4.69, 9.17) is 9.52 Å². The number of aromatic nitrogens is 1. The van der Waals surface area contributed by atoms with Crippen LogP contribution in [0, 0.1) is 0 Å². The number of carboxylic acid groups (broad SMARTS) is 1. The summed E-state index contributed by atoms with van der Waals surface area (Å²) in [5.74, 6) is -1.50. The molecule has 1 aromatic heterocycles. The predicted molar refractivity (Wildman–Crippen MR) is 76.1 cm³/mol. The highest BCUT2D eigenvalue weighted by atomic mass is 19.4. The number of amides is 1. The molecule has 2 aromatic rings. The Morgan fingerprint density at radius 2 is 1.88 bits per heavy atom. The molecule has 2 N–H and O–H groups in total. The van der Waals surface area contributed by atoms with E-state index in [1.54, 1.807) is 0 Å². The molecule has 0 aliphatic heterocycles. The van der Waals surface area contributed by atoms with Gasteiger partial charge in [-0.05, 0) is 30.7 Å². The number of hydrogen-bond donors (Lipinski definition) is 2. The van der Waals surface area contributed by atoms with Gasteiger partial charge in [0.1, 0.15) is 6.26 Å². The lowest BCUT2D eigenvalue weighted by atomic mass is 10.1. The summed E-state index contributed by atoms with van der Waals surface area (Å²) < 4.78 is 42.6. The Morgan fingerprint density at radius 3 is 2.46 bits per heavy atom. The van der Waals surface area contributed by atoms with E-state index in [2.05, 4.69) is 10.3 Å². The fraction of sp³-hybridized carbons (Fsp3) is 0.267. The molecule has 9 heteroatoms. The summed E-state index contributed by atoms with van der Waals surface area (Å²) in [6.45, 7) is 0.160. The van der Waals surface area contributed by atoms with E-state index < -0.39 is 23.6 Å². The van der Waals surface area contributed by atoms with E-state index in [1.807, 2.05) is 0 Å². The highest BCUT2D eigenvalue weighted by Gasteiger charge is 2.30. The first-order valence-electron chi connectivity index (χ1n) is 6.90. The number of hydrogen-bond acceptors (Lipinski definition) is 4. The monoisotopic (exact) mass is 342 g/mol. The minimum Gasteiger partial charge on any atom is -0.481 e. The molecule has 0 unspecified atom stereocenters. The quantitative estimate of drug-likeness (QED) is 0.788. The third kappa shape index (κ3) is 4.58. The smallest absolute Gasteiger partial charge is 0.416 e. The molecule has 0 aliphatic carbocycles. The molecule has 0 bridgehead atoms. The van der Waals surface area contributed by atoms with Gasteiger partial charge in [-0.1, -0.05) is 0 Å². The fourth-order valence-electron chi connectivity index (χ4n) is 1.84. The number of aliphatic carboxylic acids is 1. The third-order valence-corrected chi connectivity index (χ3v) is 3.05. The number of carbonyl (C=O) groups is 2. The molecule has 0 aliphatic rings. The second-order valence-electron chi connectivity index (χ2n) is 4.87. The number of rotatable bonds is 6. The maximum atomic E-state index is 12.5. The lowest BCUT2D eigenvalue weighted by molar-refractivity contribution is -0.138. The number of carboxylic acids is 1. The van der Waals surface area contributed by atoms with Gasteiger partial charge in [0.05, 0.1) is 5.56 Å². The average molecular weight is 342 g/mol. The molecule has 0 saturated heterocycles. The lowest BCUT2D eigenvalue weighted by Crippen LogP contribution is -2.25. The van der Waals surface area contributed by atoms with Crippen LogP contribution < -0.4 is 5.32 Å². The van der Waals surface area contributed by atoms with Crippen molar-refractivity contribution >= 4 is 11.9 Å². The highest BCUT2D eigenvalue weighted by Crippen LogP contribution is 2.30. The number of nitrogens with one attached hydrogen (secondary N) is 1. The maximum Gasteiger partial charge on any atom is 0.416 e. The summed E-state index contributed by atoms with van der Waals surface area (Å²) in [6, 6.07) is 4.18. The Balaban J connectivity index is 1.99. The second kappa shape index (κ2) is 7.16. The topological polar surface area (TPSA) is 92.4 Å². The summed E-state index contributed by atoms with van der Waals surface area (Å²) in [4.78, 5) is 26.0. The third-order valence-electron chi connectivity index (χ3n) is 3.05. The molecule has 1 amide bonds. The largest absolute Gasteiger partial charge is 0.481 e. The summed E-state index contributed by atoms with van der Waals surface area (Å²) in [6.07, 6.45) is -3.16. The Labute approximate surface area is 134 Å². The zero-order valence-corrected chi connectivity index (χ0v) is 12.3. The van der Waals surface area contributed by atoms with Gasteiger partial charge in [-0.15, -0.1) is 0 Å². The predicted octanol–water partition coefficient (Wildman–Crippen LogP) is 2.96. The van der Waals surface area contributed by atoms with Crippen LogP contribution in [0.15, 0.2) is 34.9 Å². The van der Waals surface area contributed by atoms with Crippen molar-refractivity contribution in [1.82, 2.24) is 10.3 Å². The zero-order chi connectivity index (χ0) is 17.7. The first-order chi connectivity index (χ1) is 11.3. The second-order valence-corrected chi connectivity index (χ2v) is 4.87. The molecule has 1 heterocycles. The van der Waals surface area contributed by atoms with Crippen molar-refractivity contribution in [2.45, 2.75) is 19.0 Å². The van der Waals surface area contributed by atoms with E-state index in [0.29, 0.717) is 5.56 Å². The Hall–Kier alpha value is -2.84. The first kappa shape index (κ1) is 17.5. The van der Waals surface area contributed by atoms with Gasteiger partial charge in [0.25, 0.3) is 5.91 Å². The molecular weight excluding hydrogens is 329 g/mol. The van der Waals surface area contributed by atoms with Crippen LogP contribution in [0.25, 0.3) is 11.5 Å². The normalized spacial score (nSPS) is 11.3. The van der Waals surface area contributed by atoms with E-state index in [-0.39, 0.29) is 31.0 Å². The van der Waals surface area contributed by atoms with Crippen LogP contribution in [0.2, 0.25) is 0 Å². The van der Waals surface area contributed by atoms with Crippen molar-refractivity contribution in [3.05, 3.63) is 41.8 Å². The van der Waals surface area contributed by atoms with Gasteiger partial charge in [-0.25, -0.2) is 4.98 Å². The van der Waals surface area contributed by atoms with Crippen molar-refractivity contribution < 1.29 is 32.3 Å². The standard InChI is InChI=1S/C15H13F3N2O4/c16-15(17,18)10-5-3-9(4-6-10)14-20-11(8-24-14)13(23)19-7-1-2-12(21)22/h3-6,8H,1-2,7H2,(H,19,23)(H,21,22). The van der Waals surface area contributed by atoms with Gasteiger partial charge in [-0.3, -0.25) is 9.59 Å². The van der Waals surface area contributed by atoms with Crippen molar-refractivity contribution in [3.8, 4) is 11.5 Å². The van der Waals surface area contributed by atoms with Gasteiger partial charge in [-0.2, -0.15) is 13.2 Å². The summed E-state index contributed by atoms with van der Waals surface area (Å²) in [7, 11) is 0. The van der Waals surface area contributed by atoms with Gasteiger partial charge in [0.15, 0.2) is 5.69 Å². The molecule has 0 atom stereocenters. The summed E-state index contributed by atoms with van der Waals surface area (Å²) in [5.41, 5.74) is -0.539. The number of carbonyl (C=O) groups excluding carboxylic acids is 1. The summed E-state index contributed by atoms with van der Waals surface area (Å²) in [5, 5.41) is 11.0. The highest BCUT2D eigenvalue weighted by molar-refractivity contribution is 5.92.